The highest BCUT2D eigenvalue weighted by Crippen LogP contribution is 2.14. The third-order valence-electron chi connectivity index (χ3n) is 4.20. The van der Waals surface area contributed by atoms with E-state index >= 15 is 0 Å². The summed E-state index contributed by atoms with van der Waals surface area (Å²) in [7, 11) is 1.69. The fourth-order valence-corrected chi connectivity index (χ4v) is 2.74. The number of aromatic nitrogens is 7. The normalized spacial score (nSPS) is 11.1. The van der Waals surface area contributed by atoms with Gasteiger partial charge in [0.15, 0.2) is 5.65 Å². The van der Waals surface area contributed by atoms with E-state index in [0.717, 1.165) is 5.56 Å². The van der Waals surface area contributed by atoms with Crippen molar-refractivity contribution in [1.29, 1.82) is 0 Å². The fraction of sp³-hybridized carbons (Fsp3) is 0.278. The molecule has 0 aliphatic carbocycles. The molecule has 11 heteroatoms. The van der Waals surface area contributed by atoms with Gasteiger partial charge in [0.05, 0.1) is 12.8 Å². The quantitative estimate of drug-likeness (QED) is 0.328. The number of esters is 1. The summed E-state index contributed by atoms with van der Waals surface area (Å²) in [5.41, 5.74) is 0.886. The smallest absolute Gasteiger partial charge is 0.326 e. The molecule has 0 atom stereocenters. The Hall–Kier alpha value is -3.89. The van der Waals surface area contributed by atoms with Crippen molar-refractivity contribution in [3.63, 3.8) is 0 Å². The van der Waals surface area contributed by atoms with Crippen LogP contribution >= 0.6 is 0 Å². The van der Waals surface area contributed by atoms with Gasteiger partial charge in [-0.05, 0) is 18.6 Å². The largest absolute Gasteiger partial charge is 0.464 e. The zero-order chi connectivity index (χ0) is 20.2. The molecule has 0 fully saturated rings. The van der Waals surface area contributed by atoms with Crippen molar-refractivity contribution < 1.29 is 14.1 Å². The van der Waals surface area contributed by atoms with Gasteiger partial charge in [0.2, 0.25) is 11.7 Å². The minimum atomic E-state index is -0.529. The average Bonchev–Trinajstić information content (AvgIpc) is 3.36. The second kappa shape index (κ2) is 8.00. The highest BCUT2D eigenvalue weighted by atomic mass is 16.5. The van der Waals surface area contributed by atoms with E-state index in [1.165, 1.54) is 21.8 Å². The summed E-state index contributed by atoms with van der Waals surface area (Å²) < 4.78 is 13.1. The Labute approximate surface area is 164 Å². The van der Waals surface area contributed by atoms with E-state index < -0.39 is 5.97 Å². The van der Waals surface area contributed by atoms with Crippen molar-refractivity contribution in [3.05, 3.63) is 53.3 Å². The highest BCUT2D eigenvalue weighted by Gasteiger charge is 2.12. The molecule has 4 aromatic rings. The molecular formula is C18H17N7O4. The molecule has 0 aromatic carbocycles. The standard InChI is InChI=1S/C18H17N7O4/c1-24-17-13(9-21-24)18(27)25(11-20-17)10-15(26)28-7-3-5-14-22-16(23-29-14)12-4-2-6-19-8-12/h2,4,6,8-9,11H,3,5,7,10H2,1H3. The first-order chi connectivity index (χ1) is 14.1. The third-order valence-corrected chi connectivity index (χ3v) is 4.20. The summed E-state index contributed by atoms with van der Waals surface area (Å²) in [6, 6.07) is 3.63. The summed E-state index contributed by atoms with van der Waals surface area (Å²) in [6.07, 6.45) is 7.02. The summed E-state index contributed by atoms with van der Waals surface area (Å²) in [6.45, 7) is -0.0524. The number of hydrogen-bond acceptors (Lipinski definition) is 9. The number of aryl methyl sites for hydroxylation is 2. The molecule has 0 aliphatic rings. The van der Waals surface area contributed by atoms with Crippen LogP contribution in [-0.4, -0.2) is 47.0 Å². The van der Waals surface area contributed by atoms with Gasteiger partial charge in [-0.15, -0.1) is 0 Å². The Morgan fingerprint density at radius 1 is 1.31 bits per heavy atom. The van der Waals surface area contributed by atoms with Crippen LogP contribution in [-0.2, 0) is 29.5 Å². The van der Waals surface area contributed by atoms with E-state index in [1.54, 1.807) is 25.5 Å². The Bertz CT molecular complexity index is 1200. The Morgan fingerprint density at radius 2 is 2.21 bits per heavy atom. The van der Waals surface area contributed by atoms with Gasteiger partial charge in [0.25, 0.3) is 5.56 Å². The molecule has 0 amide bonds. The maximum atomic E-state index is 12.3. The number of nitrogens with zero attached hydrogens (tertiary/aromatic N) is 7. The molecule has 0 bridgehead atoms. The van der Waals surface area contributed by atoms with E-state index in [0.29, 0.717) is 35.6 Å². The molecule has 29 heavy (non-hydrogen) atoms. The Morgan fingerprint density at radius 3 is 3.03 bits per heavy atom. The summed E-state index contributed by atoms with van der Waals surface area (Å²) >= 11 is 0. The van der Waals surface area contributed by atoms with Crippen molar-refractivity contribution in [3.8, 4) is 11.4 Å². The first-order valence-corrected chi connectivity index (χ1v) is 8.87. The first-order valence-electron chi connectivity index (χ1n) is 8.87. The van der Waals surface area contributed by atoms with Crippen LogP contribution < -0.4 is 5.56 Å². The van der Waals surface area contributed by atoms with Crippen molar-refractivity contribution >= 4 is 17.0 Å². The molecule has 148 valence electrons. The van der Waals surface area contributed by atoms with Crippen molar-refractivity contribution in [2.45, 2.75) is 19.4 Å². The van der Waals surface area contributed by atoms with Crippen molar-refractivity contribution in [2.75, 3.05) is 6.61 Å². The molecule has 11 nitrogen and oxygen atoms in total. The van der Waals surface area contributed by atoms with E-state index in [2.05, 4.69) is 25.2 Å². The van der Waals surface area contributed by atoms with Crippen LogP contribution in [0.25, 0.3) is 22.4 Å². The van der Waals surface area contributed by atoms with Gasteiger partial charge in [0, 0.05) is 31.4 Å². The number of carbonyl (C=O) groups excluding carboxylic acids is 1. The van der Waals surface area contributed by atoms with Gasteiger partial charge in [-0.2, -0.15) is 10.1 Å². The molecule has 0 aliphatic heterocycles. The lowest BCUT2D eigenvalue weighted by Gasteiger charge is -2.06. The van der Waals surface area contributed by atoms with E-state index in [4.69, 9.17) is 9.26 Å². The Balaban J connectivity index is 1.27. The maximum absolute atomic E-state index is 12.3. The van der Waals surface area contributed by atoms with Crippen LogP contribution in [0.1, 0.15) is 12.3 Å². The van der Waals surface area contributed by atoms with Gasteiger partial charge >= 0.3 is 5.97 Å². The number of fused-ring (bicyclic) bond motifs is 1. The van der Waals surface area contributed by atoms with Gasteiger partial charge in [-0.25, -0.2) is 4.98 Å². The minimum absolute atomic E-state index is 0.167. The predicted octanol–water partition coefficient (Wildman–Crippen LogP) is 0.751. The van der Waals surface area contributed by atoms with Gasteiger partial charge in [-0.1, -0.05) is 5.16 Å². The lowest BCUT2D eigenvalue weighted by atomic mass is 10.3. The third kappa shape index (κ3) is 4.03. The van der Waals surface area contributed by atoms with Gasteiger partial charge < -0.3 is 9.26 Å². The SMILES string of the molecule is Cn1ncc2c(=O)n(CC(=O)OCCCc3nc(-c4cccnc4)no3)cnc21. The zero-order valence-corrected chi connectivity index (χ0v) is 15.6. The van der Waals surface area contributed by atoms with Crippen LogP contribution in [0.2, 0.25) is 0 Å². The van der Waals surface area contributed by atoms with Crippen LogP contribution in [0.15, 0.2) is 46.4 Å². The molecule has 4 rings (SSSR count). The van der Waals surface area contributed by atoms with Crippen LogP contribution in [0, 0.1) is 0 Å². The molecular weight excluding hydrogens is 378 g/mol. The van der Waals surface area contributed by atoms with Crippen LogP contribution in [0.4, 0.5) is 0 Å². The van der Waals surface area contributed by atoms with Crippen molar-refractivity contribution in [2.24, 2.45) is 7.05 Å². The number of pyridine rings is 1. The van der Waals surface area contributed by atoms with Crippen molar-refractivity contribution in [1.82, 2.24) is 34.5 Å². The monoisotopic (exact) mass is 395 g/mol. The first kappa shape index (κ1) is 18.5. The molecule has 0 saturated carbocycles. The lowest BCUT2D eigenvalue weighted by molar-refractivity contribution is -0.144. The zero-order valence-electron chi connectivity index (χ0n) is 15.6. The van der Waals surface area contributed by atoms with E-state index in [9.17, 15) is 9.59 Å². The van der Waals surface area contributed by atoms with Gasteiger partial charge in [-0.3, -0.25) is 23.8 Å². The molecule has 0 N–H and O–H groups in total. The lowest BCUT2D eigenvalue weighted by Crippen LogP contribution is -2.25. The van der Waals surface area contributed by atoms with E-state index in [1.807, 2.05) is 6.07 Å². The minimum Gasteiger partial charge on any atom is -0.464 e. The fourth-order valence-electron chi connectivity index (χ4n) is 2.74. The molecule has 4 aromatic heterocycles. The van der Waals surface area contributed by atoms with Crippen LogP contribution in [0.5, 0.6) is 0 Å². The summed E-state index contributed by atoms with van der Waals surface area (Å²) in [4.78, 5) is 36.8. The highest BCUT2D eigenvalue weighted by molar-refractivity contribution is 5.74. The molecule has 0 unspecified atom stereocenters. The molecule has 0 spiro atoms. The van der Waals surface area contributed by atoms with Gasteiger partial charge in [0.1, 0.15) is 18.3 Å². The number of rotatable bonds is 7. The molecule has 4 heterocycles. The Kier molecular flexibility index (Phi) is 5.10. The molecule has 0 radical (unpaired) electrons. The second-order valence-corrected chi connectivity index (χ2v) is 6.26. The number of hydrogen-bond donors (Lipinski definition) is 0. The average molecular weight is 395 g/mol. The maximum Gasteiger partial charge on any atom is 0.326 e. The molecule has 0 saturated heterocycles. The topological polar surface area (TPSA) is 131 Å². The number of ether oxygens (including phenoxy) is 1. The summed E-state index contributed by atoms with van der Waals surface area (Å²) in [5, 5.41) is 8.25. The predicted molar refractivity (Wildman–Crippen MR) is 99.6 cm³/mol. The van der Waals surface area contributed by atoms with Crippen LogP contribution in [0.3, 0.4) is 0 Å². The van der Waals surface area contributed by atoms with E-state index in [-0.39, 0.29) is 18.7 Å². The number of carbonyl (C=O) groups is 1. The summed E-state index contributed by atoms with van der Waals surface area (Å²) in [5.74, 6) is 0.379. The second-order valence-electron chi connectivity index (χ2n) is 6.26.